The van der Waals surface area contributed by atoms with Crippen molar-refractivity contribution in [3.63, 3.8) is 0 Å². The molecule has 0 spiro atoms. The number of methoxy groups -OCH3 is 2. The zero-order valence-electron chi connectivity index (χ0n) is 28.4. The van der Waals surface area contributed by atoms with Gasteiger partial charge in [-0.05, 0) is 74.7 Å². The molecule has 3 aromatic rings. The summed E-state index contributed by atoms with van der Waals surface area (Å²) in [5, 5.41) is 0. The van der Waals surface area contributed by atoms with E-state index in [0.29, 0.717) is 0 Å². The second kappa shape index (κ2) is 12.2. The monoisotopic (exact) mass is 633 g/mol. The first-order valence-electron chi connectivity index (χ1n) is 14.9. The minimum Gasteiger partial charge on any atom is -0.496 e. The van der Waals surface area contributed by atoms with Gasteiger partial charge in [-0.25, -0.2) is 0 Å². The normalized spacial score (nSPS) is 13.2. The lowest BCUT2D eigenvalue weighted by molar-refractivity contribution is 0.380. The van der Waals surface area contributed by atoms with E-state index in [4.69, 9.17) is 14.5 Å². The van der Waals surface area contributed by atoms with Crippen LogP contribution < -0.4 is 9.47 Å². The van der Waals surface area contributed by atoms with E-state index in [1.54, 1.807) is 14.2 Å². The lowest BCUT2D eigenvalue weighted by Crippen LogP contribution is -2.21. The molecule has 0 amide bonds. The molecule has 0 saturated heterocycles. The Morgan fingerprint density at radius 1 is 0.571 bits per heavy atom. The fraction of sp³-hybridized carbons (Fsp3) is 0.500. The fourth-order valence-corrected chi connectivity index (χ4v) is 5.62. The second-order valence-corrected chi connectivity index (χ2v) is 16.4. The summed E-state index contributed by atoms with van der Waals surface area (Å²) in [4.78, 5) is 5.35. The van der Waals surface area contributed by atoms with Crippen molar-refractivity contribution >= 4 is 22.1 Å². The molecule has 3 aromatic carbocycles. The van der Waals surface area contributed by atoms with Crippen molar-refractivity contribution in [2.75, 3.05) is 14.2 Å². The third kappa shape index (κ3) is 7.67. The first-order valence-corrected chi connectivity index (χ1v) is 15.7. The average molecular weight is 635 g/mol. The summed E-state index contributed by atoms with van der Waals surface area (Å²) < 4.78 is 13.3. The number of hydrogen-bond donors (Lipinski definition) is 0. The zero-order valence-corrected chi connectivity index (χ0v) is 30.0. The molecule has 0 aromatic heterocycles. The van der Waals surface area contributed by atoms with Crippen LogP contribution in [0.2, 0.25) is 0 Å². The van der Waals surface area contributed by atoms with Crippen LogP contribution in [-0.2, 0) is 21.7 Å². The van der Waals surface area contributed by atoms with Gasteiger partial charge >= 0.3 is 0 Å². The summed E-state index contributed by atoms with van der Waals surface area (Å²) in [6.45, 7) is 27.0. The lowest BCUT2D eigenvalue weighted by atomic mass is 9.75. The first kappa shape index (κ1) is 33.9. The van der Waals surface area contributed by atoms with Gasteiger partial charge in [-0.15, -0.1) is 0 Å². The van der Waals surface area contributed by atoms with Gasteiger partial charge in [-0.3, -0.25) is 4.99 Å². The maximum absolute atomic E-state index is 6.11. The highest BCUT2D eigenvalue weighted by Gasteiger charge is 2.32. The van der Waals surface area contributed by atoms with Gasteiger partial charge < -0.3 is 9.47 Å². The Balaban J connectivity index is 2.48. The highest BCUT2D eigenvalue weighted by molar-refractivity contribution is 9.10. The Bertz CT molecular complexity index is 1270. The summed E-state index contributed by atoms with van der Waals surface area (Å²) in [6.07, 6.45) is 2.01. The minimum absolute atomic E-state index is 0.117. The summed E-state index contributed by atoms with van der Waals surface area (Å²) in [5.41, 5.74) is 7.67. The van der Waals surface area contributed by atoms with Crippen LogP contribution in [0.3, 0.4) is 0 Å². The number of nitrogens with zero attached hydrogens (tertiary/aromatic N) is 1. The predicted octanol–water partition coefficient (Wildman–Crippen LogP) is 10.9. The Labute approximate surface area is 264 Å². The van der Waals surface area contributed by atoms with Gasteiger partial charge in [0, 0.05) is 32.9 Å². The Morgan fingerprint density at radius 2 is 0.881 bits per heavy atom. The predicted molar refractivity (Wildman–Crippen MR) is 184 cm³/mol. The summed E-state index contributed by atoms with van der Waals surface area (Å²) in [5.74, 6) is 1.93. The van der Waals surface area contributed by atoms with E-state index in [0.717, 1.165) is 32.7 Å². The van der Waals surface area contributed by atoms with Gasteiger partial charge in [0.1, 0.15) is 11.5 Å². The molecule has 42 heavy (non-hydrogen) atoms. The molecule has 0 radical (unpaired) electrons. The topological polar surface area (TPSA) is 30.8 Å². The number of aliphatic imine (C=N–C) groups is 1. The number of benzene rings is 3. The van der Waals surface area contributed by atoms with Crippen molar-refractivity contribution in [3.8, 4) is 11.5 Å². The van der Waals surface area contributed by atoms with Crippen LogP contribution in [0.4, 0.5) is 0 Å². The number of hydrogen-bond acceptors (Lipinski definition) is 3. The van der Waals surface area contributed by atoms with Crippen LogP contribution in [0.1, 0.15) is 128 Å². The molecule has 0 atom stereocenters. The summed E-state index contributed by atoms with van der Waals surface area (Å²) >= 11 is 3.56. The molecule has 0 aliphatic heterocycles. The average Bonchev–Trinajstić information content (AvgIpc) is 2.86. The molecule has 0 aliphatic carbocycles. The third-order valence-electron chi connectivity index (χ3n) is 7.74. The largest absolute Gasteiger partial charge is 0.496 e. The van der Waals surface area contributed by atoms with Crippen molar-refractivity contribution in [2.45, 2.75) is 111 Å². The van der Waals surface area contributed by atoms with Crippen LogP contribution >= 0.6 is 15.9 Å². The molecule has 3 rings (SSSR count). The van der Waals surface area contributed by atoms with E-state index in [2.05, 4.69) is 148 Å². The molecular formula is C38H52BrNO2. The van der Waals surface area contributed by atoms with E-state index in [1.807, 2.05) is 6.21 Å². The van der Waals surface area contributed by atoms with Crippen molar-refractivity contribution in [1.82, 2.24) is 0 Å². The van der Waals surface area contributed by atoms with Crippen molar-refractivity contribution in [2.24, 2.45) is 4.99 Å². The van der Waals surface area contributed by atoms with Crippen molar-refractivity contribution < 1.29 is 9.47 Å². The van der Waals surface area contributed by atoms with Gasteiger partial charge in [-0.2, -0.15) is 0 Å². The standard InChI is InChI=1S/C38H52BrNO2/c1-35(2,3)28-19-25(20-29(33(28)41-13)36(4,5)6)32(40-23-24-15-17-27(39)18-16-24)26-21-30(37(7,8)9)34(42-14)31(22-26)38(10,11)12/h15-23,32H,1-14H3. The van der Waals surface area contributed by atoms with E-state index in [-0.39, 0.29) is 27.7 Å². The summed E-state index contributed by atoms with van der Waals surface area (Å²) in [7, 11) is 3.58. The third-order valence-corrected chi connectivity index (χ3v) is 8.27. The van der Waals surface area contributed by atoms with E-state index >= 15 is 0 Å². The lowest BCUT2D eigenvalue weighted by Gasteiger charge is -2.32. The minimum atomic E-state index is -0.227. The van der Waals surface area contributed by atoms with E-state index in [1.165, 1.54) is 22.3 Å². The number of halogens is 1. The number of ether oxygens (including phenoxy) is 2. The van der Waals surface area contributed by atoms with Crippen LogP contribution in [0.25, 0.3) is 0 Å². The zero-order chi connectivity index (χ0) is 31.8. The Kier molecular flexibility index (Phi) is 9.84. The van der Waals surface area contributed by atoms with Crippen LogP contribution in [0, 0.1) is 0 Å². The first-order chi connectivity index (χ1) is 19.2. The Hall–Kier alpha value is -2.59. The molecule has 0 fully saturated rings. The smallest absolute Gasteiger partial charge is 0.126 e. The Morgan fingerprint density at radius 3 is 1.14 bits per heavy atom. The molecule has 228 valence electrons. The molecule has 0 heterocycles. The second-order valence-electron chi connectivity index (χ2n) is 15.5. The molecule has 3 nitrogen and oxygen atoms in total. The SMILES string of the molecule is COc1c(C(C)(C)C)cc(C(N=Cc2ccc(Br)cc2)c2cc(C(C)(C)C)c(OC)c(C(C)(C)C)c2)cc1C(C)(C)C. The molecule has 0 N–H and O–H groups in total. The molecule has 0 bridgehead atoms. The maximum Gasteiger partial charge on any atom is 0.126 e. The summed E-state index contributed by atoms with van der Waals surface area (Å²) in [6, 6.07) is 17.3. The quantitative estimate of drug-likeness (QED) is 0.253. The van der Waals surface area contributed by atoms with E-state index in [9.17, 15) is 0 Å². The van der Waals surface area contributed by atoms with Gasteiger partial charge in [0.05, 0.1) is 20.3 Å². The van der Waals surface area contributed by atoms with E-state index < -0.39 is 0 Å². The molecule has 0 unspecified atom stereocenters. The highest BCUT2D eigenvalue weighted by atomic mass is 79.9. The number of rotatable bonds is 6. The van der Waals surface area contributed by atoms with Crippen LogP contribution in [-0.4, -0.2) is 20.4 Å². The van der Waals surface area contributed by atoms with Crippen molar-refractivity contribution in [3.05, 3.63) is 91.9 Å². The molecular weight excluding hydrogens is 582 g/mol. The van der Waals surface area contributed by atoms with Gasteiger partial charge in [0.15, 0.2) is 0 Å². The van der Waals surface area contributed by atoms with Gasteiger partial charge in [0.2, 0.25) is 0 Å². The molecule has 4 heteroatoms. The van der Waals surface area contributed by atoms with Gasteiger partial charge in [0.25, 0.3) is 0 Å². The molecule has 0 aliphatic rings. The van der Waals surface area contributed by atoms with Crippen LogP contribution in [0.15, 0.2) is 58.0 Å². The maximum atomic E-state index is 6.11. The fourth-order valence-electron chi connectivity index (χ4n) is 5.36. The molecule has 0 saturated carbocycles. The van der Waals surface area contributed by atoms with Crippen molar-refractivity contribution in [1.29, 1.82) is 0 Å². The van der Waals surface area contributed by atoms with Crippen LogP contribution in [0.5, 0.6) is 11.5 Å². The highest BCUT2D eigenvalue weighted by Crippen LogP contribution is 2.46. The van der Waals surface area contributed by atoms with Gasteiger partial charge in [-0.1, -0.05) is 111 Å².